The SMILES string of the molecule is CCc1nnc2sc(CC3(C(=O)O)CCCCCC3)nn12. The number of aliphatic carboxylic acids is 1. The van der Waals surface area contributed by atoms with E-state index in [1.54, 1.807) is 4.52 Å². The molecule has 0 bridgehead atoms. The number of aromatic nitrogens is 4. The van der Waals surface area contributed by atoms with E-state index < -0.39 is 11.4 Å². The zero-order valence-corrected chi connectivity index (χ0v) is 13.0. The van der Waals surface area contributed by atoms with Gasteiger partial charge in [0.25, 0.3) is 0 Å². The number of rotatable bonds is 4. The van der Waals surface area contributed by atoms with Gasteiger partial charge in [0.1, 0.15) is 5.01 Å². The second-order valence-electron chi connectivity index (χ2n) is 5.84. The van der Waals surface area contributed by atoms with Crippen LogP contribution in [0.3, 0.4) is 0 Å². The Morgan fingerprint density at radius 2 is 2.00 bits per heavy atom. The van der Waals surface area contributed by atoms with E-state index in [9.17, 15) is 9.90 Å². The Kier molecular flexibility index (Phi) is 3.93. The maximum atomic E-state index is 11.9. The molecule has 0 aromatic carbocycles. The molecule has 3 rings (SSSR count). The van der Waals surface area contributed by atoms with E-state index in [2.05, 4.69) is 15.3 Å². The summed E-state index contributed by atoms with van der Waals surface area (Å²) in [6.07, 6.45) is 7.06. The van der Waals surface area contributed by atoms with Gasteiger partial charge in [0, 0.05) is 12.8 Å². The van der Waals surface area contributed by atoms with Gasteiger partial charge in [-0.1, -0.05) is 43.9 Å². The standard InChI is InChI=1S/C14H20N4O2S/c1-2-10-15-16-13-18(10)17-11(21-13)9-14(12(19)20)7-5-3-4-6-8-14/h2-9H2,1H3,(H,19,20). The predicted molar refractivity (Wildman–Crippen MR) is 79.5 cm³/mol. The summed E-state index contributed by atoms with van der Waals surface area (Å²) >= 11 is 1.46. The molecule has 2 heterocycles. The molecule has 114 valence electrons. The van der Waals surface area contributed by atoms with Crippen LogP contribution in [0.15, 0.2) is 0 Å². The quantitative estimate of drug-likeness (QED) is 0.878. The summed E-state index contributed by atoms with van der Waals surface area (Å²) in [6.45, 7) is 2.01. The number of aryl methyl sites for hydroxylation is 1. The molecular formula is C14H20N4O2S. The zero-order valence-electron chi connectivity index (χ0n) is 12.2. The fraction of sp³-hybridized carbons (Fsp3) is 0.714. The number of nitrogens with zero attached hydrogens (tertiary/aromatic N) is 4. The first kappa shape index (κ1) is 14.4. The van der Waals surface area contributed by atoms with Crippen LogP contribution < -0.4 is 0 Å². The summed E-state index contributed by atoms with van der Waals surface area (Å²) in [4.78, 5) is 12.6. The van der Waals surface area contributed by atoms with E-state index in [0.717, 1.165) is 60.7 Å². The van der Waals surface area contributed by atoms with Crippen molar-refractivity contribution in [2.75, 3.05) is 0 Å². The first-order chi connectivity index (χ1) is 10.1. The molecule has 0 aliphatic heterocycles. The lowest BCUT2D eigenvalue weighted by Crippen LogP contribution is -2.33. The smallest absolute Gasteiger partial charge is 0.310 e. The molecule has 6 nitrogen and oxygen atoms in total. The lowest BCUT2D eigenvalue weighted by molar-refractivity contribution is -0.149. The molecule has 1 aliphatic carbocycles. The van der Waals surface area contributed by atoms with Crippen molar-refractivity contribution in [3.63, 3.8) is 0 Å². The van der Waals surface area contributed by atoms with Crippen LogP contribution in [-0.2, 0) is 17.6 Å². The summed E-state index contributed by atoms with van der Waals surface area (Å²) in [5.74, 6) is 0.156. The summed E-state index contributed by atoms with van der Waals surface area (Å²) in [5, 5.41) is 23.3. The number of fused-ring (bicyclic) bond motifs is 1. The van der Waals surface area contributed by atoms with Gasteiger partial charge in [-0.2, -0.15) is 9.61 Å². The Morgan fingerprint density at radius 3 is 2.62 bits per heavy atom. The Balaban J connectivity index is 1.90. The number of hydrogen-bond acceptors (Lipinski definition) is 5. The average Bonchev–Trinajstić information content (AvgIpc) is 2.91. The van der Waals surface area contributed by atoms with E-state index in [-0.39, 0.29) is 0 Å². The fourth-order valence-corrected chi connectivity index (χ4v) is 4.15. The molecule has 1 saturated carbocycles. The minimum Gasteiger partial charge on any atom is -0.481 e. The van der Waals surface area contributed by atoms with Crippen molar-refractivity contribution in [3.8, 4) is 0 Å². The first-order valence-electron chi connectivity index (χ1n) is 7.58. The molecule has 0 spiro atoms. The van der Waals surface area contributed by atoms with Gasteiger partial charge >= 0.3 is 5.97 Å². The molecule has 0 amide bonds. The van der Waals surface area contributed by atoms with E-state index in [4.69, 9.17) is 0 Å². The highest BCUT2D eigenvalue weighted by molar-refractivity contribution is 7.16. The fourth-order valence-electron chi connectivity index (χ4n) is 3.15. The number of carboxylic acid groups (broad SMARTS) is 1. The second kappa shape index (κ2) is 5.71. The normalized spacial score (nSPS) is 18.7. The van der Waals surface area contributed by atoms with Crippen molar-refractivity contribution in [2.45, 2.75) is 58.3 Å². The maximum Gasteiger partial charge on any atom is 0.310 e. The van der Waals surface area contributed by atoms with Crippen LogP contribution in [0, 0.1) is 5.41 Å². The van der Waals surface area contributed by atoms with Gasteiger partial charge < -0.3 is 5.11 Å². The van der Waals surface area contributed by atoms with E-state index >= 15 is 0 Å². The van der Waals surface area contributed by atoms with Crippen LogP contribution in [0.5, 0.6) is 0 Å². The van der Waals surface area contributed by atoms with Gasteiger partial charge in [-0.25, -0.2) is 0 Å². The van der Waals surface area contributed by atoms with Crippen molar-refractivity contribution in [3.05, 3.63) is 10.8 Å². The van der Waals surface area contributed by atoms with Crippen molar-refractivity contribution >= 4 is 22.3 Å². The first-order valence-corrected chi connectivity index (χ1v) is 8.40. The number of hydrogen-bond donors (Lipinski definition) is 1. The van der Waals surface area contributed by atoms with Crippen molar-refractivity contribution in [2.24, 2.45) is 5.41 Å². The molecule has 7 heteroatoms. The van der Waals surface area contributed by atoms with Gasteiger partial charge in [-0.3, -0.25) is 4.79 Å². The van der Waals surface area contributed by atoms with E-state index in [1.165, 1.54) is 11.3 Å². The second-order valence-corrected chi connectivity index (χ2v) is 6.88. The Morgan fingerprint density at radius 1 is 1.29 bits per heavy atom. The van der Waals surface area contributed by atoms with E-state index in [1.807, 2.05) is 6.92 Å². The Bertz CT molecular complexity index is 640. The third kappa shape index (κ3) is 2.66. The molecule has 1 N–H and O–H groups in total. The minimum absolute atomic E-state index is 0.513. The molecule has 2 aromatic heterocycles. The number of carboxylic acids is 1. The third-order valence-electron chi connectivity index (χ3n) is 4.42. The molecule has 0 saturated heterocycles. The average molecular weight is 308 g/mol. The Hall–Kier alpha value is -1.50. The van der Waals surface area contributed by atoms with Crippen molar-refractivity contribution in [1.29, 1.82) is 0 Å². The summed E-state index contributed by atoms with van der Waals surface area (Å²) in [6, 6.07) is 0. The molecule has 1 aliphatic rings. The molecule has 0 atom stereocenters. The number of carbonyl (C=O) groups is 1. The van der Waals surface area contributed by atoms with Gasteiger partial charge in [0.15, 0.2) is 5.82 Å². The van der Waals surface area contributed by atoms with E-state index in [0.29, 0.717) is 6.42 Å². The summed E-state index contributed by atoms with van der Waals surface area (Å²) in [5.41, 5.74) is -0.647. The summed E-state index contributed by atoms with van der Waals surface area (Å²) < 4.78 is 1.76. The topological polar surface area (TPSA) is 80.4 Å². The highest BCUT2D eigenvalue weighted by Crippen LogP contribution is 2.39. The highest BCUT2D eigenvalue weighted by Gasteiger charge is 2.39. The van der Waals surface area contributed by atoms with Crippen LogP contribution in [0.1, 0.15) is 56.3 Å². The highest BCUT2D eigenvalue weighted by atomic mass is 32.1. The lowest BCUT2D eigenvalue weighted by Gasteiger charge is -2.26. The van der Waals surface area contributed by atoms with Gasteiger partial charge in [0.2, 0.25) is 4.96 Å². The molecule has 2 aromatic rings. The molecule has 0 radical (unpaired) electrons. The molecule has 1 fully saturated rings. The Labute approximate surface area is 127 Å². The van der Waals surface area contributed by atoms with Crippen LogP contribution in [0.2, 0.25) is 0 Å². The largest absolute Gasteiger partial charge is 0.481 e. The van der Waals surface area contributed by atoms with Crippen LogP contribution in [0.25, 0.3) is 4.96 Å². The summed E-state index contributed by atoms with van der Waals surface area (Å²) in [7, 11) is 0. The third-order valence-corrected chi connectivity index (χ3v) is 5.32. The molecule has 0 unspecified atom stereocenters. The predicted octanol–water partition coefficient (Wildman–Crippen LogP) is 2.72. The van der Waals surface area contributed by atoms with Crippen molar-refractivity contribution in [1.82, 2.24) is 19.8 Å². The van der Waals surface area contributed by atoms with Crippen LogP contribution in [-0.4, -0.2) is 30.9 Å². The lowest BCUT2D eigenvalue weighted by atomic mass is 9.78. The van der Waals surface area contributed by atoms with Crippen LogP contribution >= 0.6 is 11.3 Å². The minimum atomic E-state index is -0.675. The molecule has 21 heavy (non-hydrogen) atoms. The zero-order chi connectivity index (χ0) is 14.9. The van der Waals surface area contributed by atoms with Crippen molar-refractivity contribution < 1.29 is 9.90 Å². The van der Waals surface area contributed by atoms with Crippen LogP contribution in [0.4, 0.5) is 0 Å². The maximum absolute atomic E-state index is 11.9. The monoisotopic (exact) mass is 308 g/mol. The van der Waals surface area contributed by atoms with Gasteiger partial charge in [-0.15, -0.1) is 10.2 Å². The molecular weight excluding hydrogens is 288 g/mol. The van der Waals surface area contributed by atoms with Gasteiger partial charge in [0.05, 0.1) is 5.41 Å². The van der Waals surface area contributed by atoms with Gasteiger partial charge in [-0.05, 0) is 12.8 Å².